The third kappa shape index (κ3) is 8.34. The van der Waals surface area contributed by atoms with Crippen molar-refractivity contribution < 1.29 is 5.32 Å². The predicted octanol–water partition coefficient (Wildman–Crippen LogP) is 1.37. The molecule has 0 aliphatic carbocycles. The van der Waals surface area contributed by atoms with Gasteiger partial charge in [-0.2, -0.15) is 9.97 Å². The quantitative estimate of drug-likeness (QED) is 0.461. The maximum Gasteiger partial charge on any atom is 0.223 e. The predicted molar refractivity (Wildman–Crippen MR) is 89.0 cm³/mol. The van der Waals surface area contributed by atoms with Crippen molar-refractivity contribution in [2.45, 2.75) is 58.4 Å². The summed E-state index contributed by atoms with van der Waals surface area (Å²) in [6, 6.07) is 2.48. The number of aromatic nitrogens is 2. The van der Waals surface area contributed by atoms with Crippen LogP contribution in [0.3, 0.4) is 0 Å². The van der Waals surface area contributed by atoms with Crippen LogP contribution >= 0.6 is 0 Å². The molecule has 0 aliphatic rings. The molecule has 6 nitrogen and oxygen atoms in total. The van der Waals surface area contributed by atoms with Gasteiger partial charge in [0.05, 0.1) is 12.6 Å². The zero-order valence-electron chi connectivity index (χ0n) is 13.4. The minimum Gasteiger partial charge on any atom is -0.383 e. The van der Waals surface area contributed by atoms with Gasteiger partial charge in [-0.05, 0) is 32.6 Å². The molecule has 0 spiro atoms. The SMILES string of the molecule is CCC(C)[NH2+]CCCCCCCNc1cc(N)nc(N)n1. The summed E-state index contributed by atoms with van der Waals surface area (Å²) in [5, 5.41) is 5.68. The van der Waals surface area contributed by atoms with Crippen molar-refractivity contribution in [3.05, 3.63) is 6.07 Å². The fraction of sp³-hybridized carbons (Fsp3) is 0.733. The number of hydrogen-bond donors (Lipinski definition) is 4. The van der Waals surface area contributed by atoms with Crippen molar-refractivity contribution in [2.75, 3.05) is 29.9 Å². The molecule has 6 heteroatoms. The lowest BCUT2D eigenvalue weighted by Gasteiger charge is -2.08. The highest BCUT2D eigenvalue weighted by Gasteiger charge is 2.00. The molecule has 21 heavy (non-hydrogen) atoms. The van der Waals surface area contributed by atoms with Crippen molar-refractivity contribution in [1.82, 2.24) is 9.97 Å². The topological polar surface area (TPSA) is 106 Å². The van der Waals surface area contributed by atoms with Crippen LogP contribution in [-0.4, -0.2) is 29.1 Å². The summed E-state index contributed by atoms with van der Waals surface area (Å²) in [6.45, 7) is 6.69. The van der Waals surface area contributed by atoms with E-state index in [-0.39, 0.29) is 5.95 Å². The van der Waals surface area contributed by atoms with Crippen LogP contribution < -0.4 is 22.1 Å². The number of anilines is 3. The Bertz CT molecular complexity index is 376. The zero-order chi connectivity index (χ0) is 15.5. The Morgan fingerprint density at radius 1 is 1.14 bits per heavy atom. The fourth-order valence-electron chi connectivity index (χ4n) is 2.16. The Morgan fingerprint density at radius 3 is 2.57 bits per heavy atom. The van der Waals surface area contributed by atoms with E-state index in [0.29, 0.717) is 11.6 Å². The van der Waals surface area contributed by atoms with Crippen LogP contribution in [0.25, 0.3) is 0 Å². The van der Waals surface area contributed by atoms with Crippen molar-refractivity contribution in [3.63, 3.8) is 0 Å². The molecule has 0 radical (unpaired) electrons. The monoisotopic (exact) mass is 295 g/mol. The molecule has 0 amide bonds. The van der Waals surface area contributed by atoms with Crippen molar-refractivity contribution in [2.24, 2.45) is 0 Å². The van der Waals surface area contributed by atoms with Gasteiger partial charge in [-0.3, -0.25) is 0 Å². The summed E-state index contributed by atoms with van der Waals surface area (Å²) >= 11 is 0. The van der Waals surface area contributed by atoms with Gasteiger partial charge in [-0.15, -0.1) is 0 Å². The van der Waals surface area contributed by atoms with Gasteiger partial charge in [0.2, 0.25) is 5.95 Å². The van der Waals surface area contributed by atoms with Crippen LogP contribution in [0.1, 0.15) is 52.4 Å². The Morgan fingerprint density at radius 2 is 1.86 bits per heavy atom. The molecule has 7 N–H and O–H groups in total. The highest BCUT2D eigenvalue weighted by Crippen LogP contribution is 2.09. The molecule has 0 saturated heterocycles. The zero-order valence-corrected chi connectivity index (χ0v) is 13.4. The molecule has 0 fully saturated rings. The van der Waals surface area contributed by atoms with E-state index in [1.54, 1.807) is 6.07 Å². The molecular weight excluding hydrogens is 264 g/mol. The standard InChI is InChI=1S/C15H30N6/c1-3-12(2)18-9-7-5-4-6-8-10-19-14-11-13(16)20-15(17)21-14/h11-12,18H,3-10H2,1-2H3,(H5,16,17,19,20,21)/p+1. The van der Waals surface area contributed by atoms with Crippen molar-refractivity contribution in [1.29, 1.82) is 0 Å². The van der Waals surface area contributed by atoms with Gasteiger partial charge in [-0.25, -0.2) is 0 Å². The van der Waals surface area contributed by atoms with E-state index in [1.807, 2.05) is 0 Å². The van der Waals surface area contributed by atoms with Gasteiger partial charge in [0, 0.05) is 12.6 Å². The van der Waals surface area contributed by atoms with E-state index >= 15 is 0 Å². The number of quaternary nitrogens is 1. The third-order valence-electron chi connectivity index (χ3n) is 3.66. The van der Waals surface area contributed by atoms with E-state index in [9.17, 15) is 0 Å². The number of nitrogens with one attached hydrogen (secondary N) is 1. The van der Waals surface area contributed by atoms with E-state index in [2.05, 4.69) is 34.4 Å². The number of nitrogen functional groups attached to an aromatic ring is 2. The van der Waals surface area contributed by atoms with Gasteiger partial charge in [-0.1, -0.05) is 19.8 Å². The minimum atomic E-state index is 0.218. The summed E-state index contributed by atoms with van der Waals surface area (Å²) in [4.78, 5) is 7.93. The smallest absolute Gasteiger partial charge is 0.223 e. The third-order valence-corrected chi connectivity index (χ3v) is 3.66. The summed E-state index contributed by atoms with van der Waals surface area (Å²) in [7, 11) is 0. The van der Waals surface area contributed by atoms with Gasteiger partial charge in [0.15, 0.2) is 0 Å². The lowest BCUT2D eigenvalue weighted by atomic mass is 10.1. The maximum atomic E-state index is 5.61. The molecule has 0 saturated carbocycles. The second-order valence-electron chi connectivity index (χ2n) is 5.64. The summed E-state index contributed by atoms with van der Waals surface area (Å²) in [5.74, 6) is 1.33. The Kier molecular flexibility index (Phi) is 8.50. The number of nitrogens with zero attached hydrogens (tertiary/aromatic N) is 2. The molecular formula is C15H31N6+. The number of hydrogen-bond acceptors (Lipinski definition) is 5. The van der Waals surface area contributed by atoms with Crippen molar-refractivity contribution in [3.8, 4) is 0 Å². The van der Waals surface area contributed by atoms with E-state index in [1.165, 1.54) is 38.6 Å². The first-order valence-electron chi connectivity index (χ1n) is 8.09. The summed E-state index contributed by atoms with van der Waals surface area (Å²) < 4.78 is 0. The molecule has 0 aromatic carbocycles. The molecule has 1 aromatic heterocycles. The number of rotatable bonds is 11. The molecule has 0 bridgehead atoms. The van der Waals surface area contributed by atoms with Crippen LogP contribution in [0.15, 0.2) is 6.07 Å². The Hall–Kier alpha value is -1.56. The van der Waals surface area contributed by atoms with Crippen molar-refractivity contribution >= 4 is 17.6 Å². The van der Waals surface area contributed by atoms with Crippen LogP contribution in [0, 0.1) is 0 Å². The molecule has 1 atom stereocenters. The molecule has 1 heterocycles. The lowest BCUT2D eigenvalue weighted by molar-refractivity contribution is -0.686. The average Bonchev–Trinajstić information content (AvgIpc) is 2.44. The second-order valence-corrected chi connectivity index (χ2v) is 5.64. The van der Waals surface area contributed by atoms with Gasteiger partial charge >= 0.3 is 0 Å². The Balaban J connectivity index is 1.97. The van der Waals surface area contributed by atoms with Crippen LogP contribution in [0.4, 0.5) is 17.6 Å². The van der Waals surface area contributed by atoms with Crippen LogP contribution in [0.5, 0.6) is 0 Å². The highest BCUT2D eigenvalue weighted by atomic mass is 15.1. The fourth-order valence-corrected chi connectivity index (χ4v) is 2.16. The minimum absolute atomic E-state index is 0.218. The molecule has 120 valence electrons. The van der Waals surface area contributed by atoms with Gasteiger partial charge in [0.25, 0.3) is 0 Å². The highest BCUT2D eigenvalue weighted by molar-refractivity contribution is 5.48. The van der Waals surface area contributed by atoms with Gasteiger partial charge < -0.3 is 22.1 Å². The molecule has 1 aromatic rings. The first-order valence-corrected chi connectivity index (χ1v) is 8.09. The maximum absolute atomic E-state index is 5.61. The molecule has 1 rings (SSSR count). The van der Waals surface area contributed by atoms with E-state index in [4.69, 9.17) is 11.5 Å². The normalized spacial score (nSPS) is 12.3. The summed E-state index contributed by atoms with van der Waals surface area (Å²) in [5.41, 5.74) is 11.2. The van der Waals surface area contributed by atoms with E-state index in [0.717, 1.165) is 19.0 Å². The molecule has 0 aliphatic heterocycles. The first-order chi connectivity index (χ1) is 10.1. The first kappa shape index (κ1) is 17.5. The van der Waals surface area contributed by atoms with Crippen LogP contribution in [-0.2, 0) is 0 Å². The van der Waals surface area contributed by atoms with Crippen LogP contribution in [0.2, 0.25) is 0 Å². The second kappa shape index (κ2) is 10.2. The number of unbranched alkanes of at least 4 members (excludes halogenated alkanes) is 4. The van der Waals surface area contributed by atoms with Gasteiger partial charge in [0.1, 0.15) is 11.6 Å². The lowest BCUT2D eigenvalue weighted by Crippen LogP contribution is -2.89. The number of nitrogens with two attached hydrogens (primary N) is 3. The van der Waals surface area contributed by atoms with E-state index < -0.39 is 0 Å². The summed E-state index contributed by atoms with van der Waals surface area (Å²) in [6.07, 6.45) is 7.57. The Labute approximate surface area is 128 Å². The molecule has 1 unspecified atom stereocenters. The average molecular weight is 295 g/mol. The largest absolute Gasteiger partial charge is 0.383 e.